The summed E-state index contributed by atoms with van der Waals surface area (Å²) in [6, 6.07) is 0. The average molecular weight is 312 g/mol. The van der Waals surface area contributed by atoms with E-state index in [1.807, 2.05) is 6.08 Å². The molecule has 0 aliphatic heterocycles. The van der Waals surface area contributed by atoms with Crippen molar-refractivity contribution in [1.82, 2.24) is 0 Å². The Morgan fingerprint density at radius 3 is 2.82 bits per heavy atom. The molecule has 0 saturated heterocycles. The van der Waals surface area contributed by atoms with E-state index >= 15 is 0 Å². The second kappa shape index (κ2) is 10.0. The minimum absolute atomic E-state index is 0.124. The topological polar surface area (TPSA) is 77.8 Å². The van der Waals surface area contributed by atoms with Gasteiger partial charge in [-0.25, -0.2) is 0 Å². The first-order valence-corrected chi connectivity index (χ1v) is 8.76. The number of rotatable bonds is 10. The Balaban J connectivity index is 2.36. The third-order valence-corrected chi connectivity index (χ3v) is 4.60. The molecule has 1 unspecified atom stereocenters. The predicted octanol–water partition coefficient (Wildman–Crippen LogP) is 3.66. The minimum Gasteiger partial charge on any atom is -0.481 e. The Morgan fingerprint density at radius 2 is 2.14 bits per heavy atom. The molecule has 0 bridgehead atoms. The van der Waals surface area contributed by atoms with Crippen LogP contribution in [-0.4, -0.2) is 33.0 Å². The van der Waals surface area contributed by atoms with Gasteiger partial charge in [-0.15, -0.1) is 0 Å². The van der Waals surface area contributed by atoms with Gasteiger partial charge in [0.1, 0.15) is 0 Å². The van der Waals surface area contributed by atoms with Crippen molar-refractivity contribution in [2.24, 2.45) is 5.92 Å². The highest BCUT2D eigenvalue weighted by Crippen LogP contribution is 2.36. The van der Waals surface area contributed by atoms with Gasteiger partial charge in [0.15, 0.2) is 0 Å². The van der Waals surface area contributed by atoms with Crippen molar-refractivity contribution in [2.75, 3.05) is 0 Å². The highest BCUT2D eigenvalue weighted by Gasteiger charge is 2.32. The Morgan fingerprint density at radius 1 is 1.36 bits per heavy atom. The zero-order valence-electron chi connectivity index (χ0n) is 13.8. The van der Waals surface area contributed by atoms with E-state index in [4.69, 9.17) is 5.11 Å². The monoisotopic (exact) mass is 312 g/mol. The number of aliphatic hydroxyl groups excluding tert-OH is 1. The molecule has 3 N–H and O–H groups in total. The van der Waals surface area contributed by atoms with E-state index in [1.54, 1.807) is 0 Å². The van der Waals surface area contributed by atoms with Crippen LogP contribution in [-0.2, 0) is 4.79 Å². The molecule has 128 valence electrons. The van der Waals surface area contributed by atoms with Crippen LogP contribution in [0.4, 0.5) is 0 Å². The van der Waals surface area contributed by atoms with Gasteiger partial charge in [-0.05, 0) is 44.4 Å². The maximum atomic E-state index is 10.6. The third-order valence-electron chi connectivity index (χ3n) is 4.60. The molecule has 1 aliphatic rings. The summed E-state index contributed by atoms with van der Waals surface area (Å²) in [7, 11) is 0. The molecule has 1 aliphatic carbocycles. The molecule has 3 atom stereocenters. The smallest absolute Gasteiger partial charge is 0.303 e. The van der Waals surface area contributed by atoms with Crippen molar-refractivity contribution in [3.63, 3.8) is 0 Å². The van der Waals surface area contributed by atoms with E-state index < -0.39 is 11.6 Å². The van der Waals surface area contributed by atoms with Crippen molar-refractivity contribution >= 4 is 5.97 Å². The highest BCUT2D eigenvalue weighted by molar-refractivity contribution is 5.66. The normalized spacial score (nSPS) is 27.1. The summed E-state index contributed by atoms with van der Waals surface area (Å²) in [5.74, 6) is -0.504. The largest absolute Gasteiger partial charge is 0.481 e. The Hall–Kier alpha value is -0.870. The second-order valence-corrected chi connectivity index (χ2v) is 6.78. The molecule has 1 fully saturated rings. The van der Waals surface area contributed by atoms with Crippen LogP contribution in [0.3, 0.4) is 0 Å². The van der Waals surface area contributed by atoms with Gasteiger partial charge < -0.3 is 15.3 Å². The molecule has 0 spiro atoms. The standard InChI is InChI=1S/C18H32O4/c1-2-3-4-8-16(19)11-10-15-7-5-12-18(22,14-15)13-6-9-17(20)21/h10-11,15-16,19,22H,2-9,12-14H2,1H3,(H,20,21)/t15-,16?,18-/m0/s1. The summed E-state index contributed by atoms with van der Waals surface area (Å²) in [6.45, 7) is 2.15. The Kier molecular flexibility index (Phi) is 8.72. The van der Waals surface area contributed by atoms with Crippen molar-refractivity contribution < 1.29 is 20.1 Å². The molecule has 4 heteroatoms. The fraction of sp³-hybridized carbons (Fsp3) is 0.833. The molecule has 0 aromatic carbocycles. The zero-order valence-corrected chi connectivity index (χ0v) is 13.8. The molecule has 22 heavy (non-hydrogen) atoms. The lowest BCUT2D eigenvalue weighted by molar-refractivity contribution is -0.137. The summed E-state index contributed by atoms with van der Waals surface area (Å²) in [5, 5.41) is 29.2. The maximum absolute atomic E-state index is 10.6. The number of aliphatic hydroxyl groups is 2. The number of aliphatic carboxylic acids is 1. The zero-order chi connectivity index (χ0) is 16.4. The quantitative estimate of drug-likeness (QED) is 0.425. The van der Waals surface area contributed by atoms with Crippen LogP contribution < -0.4 is 0 Å². The van der Waals surface area contributed by atoms with Crippen molar-refractivity contribution in [3.05, 3.63) is 12.2 Å². The number of allylic oxidation sites excluding steroid dienone is 1. The van der Waals surface area contributed by atoms with Gasteiger partial charge >= 0.3 is 5.97 Å². The molecular formula is C18H32O4. The molecule has 0 aromatic rings. The first-order chi connectivity index (χ1) is 10.4. The average Bonchev–Trinajstić information content (AvgIpc) is 2.45. The van der Waals surface area contributed by atoms with Crippen LogP contribution in [0.5, 0.6) is 0 Å². The Labute approximate surface area is 134 Å². The number of carboxylic acids is 1. The van der Waals surface area contributed by atoms with Crippen molar-refractivity contribution in [2.45, 2.75) is 89.3 Å². The molecular weight excluding hydrogens is 280 g/mol. The first kappa shape index (κ1) is 19.2. The summed E-state index contributed by atoms with van der Waals surface area (Å²) in [4.78, 5) is 10.6. The van der Waals surface area contributed by atoms with E-state index in [0.29, 0.717) is 25.2 Å². The molecule has 1 saturated carbocycles. The third kappa shape index (κ3) is 7.95. The number of carboxylic acid groups (broad SMARTS) is 1. The number of hydrogen-bond donors (Lipinski definition) is 3. The van der Waals surface area contributed by atoms with Gasteiger partial charge in [0.25, 0.3) is 0 Å². The predicted molar refractivity (Wildman–Crippen MR) is 87.7 cm³/mol. The lowest BCUT2D eigenvalue weighted by Crippen LogP contribution is -2.34. The molecule has 0 radical (unpaired) electrons. The number of unbranched alkanes of at least 4 members (excludes halogenated alkanes) is 2. The highest BCUT2D eigenvalue weighted by atomic mass is 16.4. The van der Waals surface area contributed by atoms with Crippen molar-refractivity contribution in [1.29, 1.82) is 0 Å². The molecule has 0 amide bonds. The Bertz CT molecular complexity index is 353. The van der Waals surface area contributed by atoms with E-state index in [-0.39, 0.29) is 12.5 Å². The van der Waals surface area contributed by atoms with Crippen molar-refractivity contribution in [3.8, 4) is 0 Å². The van der Waals surface area contributed by atoms with Crippen LogP contribution in [0.15, 0.2) is 12.2 Å². The maximum Gasteiger partial charge on any atom is 0.303 e. The van der Waals surface area contributed by atoms with E-state index in [2.05, 4.69) is 13.0 Å². The minimum atomic E-state index is -0.800. The second-order valence-electron chi connectivity index (χ2n) is 6.78. The summed E-state index contributed by atoms with van der Waals surface area (Å²) < 4.78 is 0. The fourth-order valence-corrected chi connectivity index (χ4v) is 3.33. The van der Waals surface area contributed by atoms with Gasteiger partial charge in [0.05, 0.1) is 11.7 Å². The van der Waals surface area contributed by atoms with Crippen LogP contribution in [0.2, 0.25) is 0 Å². The van der Waals surface area contributed by atoms with E-state index in [9.17, 15) is 15.0 Å². The lowest BCUT2D eigenvalue weighted by atomic mass is 9.75. The number of carbonyl (C=O) groups is 1. The lowest BCUT2D eigenvalue weighted by Gasteiger charge is -2.36. The summed E-state index contributed by atoms with van der Waals surface area (Å²) >= 11 is 0. The molecule has 0 aromatic heterocycles. The van der Waals surface area contributed by atoms with Crippen LogP contribution in [0.25, 0.3) is 0 Å². The first-order valence-electron chi connectivity index (χ1n) is 8.76. The van der Waals surface area contributed by atoms with Gasteiger partial charge in [-0.3, -0.25) is 4.79 Å². The van der Waals surface area contributed by atoms with Gasteiger partial charge in [-0.1, -0.05) is 44.8 Å². The van der Waals surface area contributed by atoms with Crippen LogP contribution >= 0.6 is 0 Å². The van der Waals surface area contributed by atoms with Gasteiger partial charge in [0.2, 0.25) is 0 Å². The van der Waals surface area contributed by atoms with Crippen LogP contribution in [0, 0.1) is 5.92 Å². The van der Waals surface area contributed by atoms with E-state index in [0.717, 1.165) is 44.9 Å². The molecule has 4 nitrogen and oxygen atoms in total. The van der Waals surface area contributed by atoms with E-state index in [1.165, 1.54) is 0 Å². The van der Waals surface area contributed by atoms with Gasteiger partial charge in [0, 0.05) is 6.42 Å². The number of hydrogen-bond acceptors (Lipinski definition) is 3. The van der Waals surface area contributed by atoms with Crippen LogP contribution in [0.1, 0.15) is 77.6 Å². The summed E-state index contributed by atoms with van der Waals surface area (Å²) in [6.07, 6.45) is 12.4. The fourth-order valence-electron chi connectivity index (χ4n) is 3.33. The van der Waals surface area contributed by atoms with Gasteiger partial charge in [-0.2, -0.15) is 0 Å². The molecule has 0 heterocycles. The SMILES string of the molecule is CCCCCC(O)C=C[C@@H]1CCC[C@](O)(CCCC(=O)O)C1. The summed E-state index contributed by atoms with van der Waals surface area (Å²) in [5.41, 5.74) is -0.726. The molecule has 1 rings (SSSR count).